The summed E-state index contributed by atoms with van der Waals surface area (Å²) >= 11 is 0. The van der Waals surface area contributed by atoms with Gasteiger partial charge in [-0.05, 0) is 59.6 Å². The normalized spacial score (nSPS) is 14.8. The number of hydrogen-bond acceptors (Lipinski definition) is 6. The van der Waals surface area contributed by atoms with Crippen LogP contribution in [0.5, 0.6) is 0 Å². The minimum Gasteiger partial charge on any atom is -0.464 e. The number of nitrogens with one attached hydrogen (secondary N) is 3. The van der Waals surface area contributed by atoms with Crippen LogP contribution in [0, 0.1) is 17.2 Å². The molecule has 10 heteroatoms. The van der Waals surface area contributed by atoms with Gasteiger partial charge in [0.1, 0.15) is 23.8 Å². The molecule has 0 bridgehead atoms. The van der Waals surface area contributed by atoms with Crippen LogP contribution in [-0.4, -0.2) is 60.2 Å². The highest BCUT2D eigenvalue weighted by Gasteiger charge is 2.37. The van der Waals surface area contributed by atoms with Gasteiger partial charge in [-0.2, -0.15) is 0 Å². The number of carbonyl (C=O) groups is 4. The van der Waals surface area contributed by atoms with Crippen molar-refractivity contribution >= 4 is 40.3 Å². The Labute approximate surface area is 305 Å². The first-order valence-electron chi connectivity index (χ1n) is 18.1. The number of rotatable bonds is 15. The largest absolute Gasteiger partial charge is 0.464 e. The third-order valence-electron chi connectivity index (χ3n) is 9.85. The number of benzene rings is 4. The number of esters is 1. The molecule has 0 heterocycles. The molecular weight excluding hydrogens is 654 g/mol. The average Bonchev–Trinajstić information content (AvgIpc) is 3.16. The van der Waals surface area contributed by atoms with Crippen LogP contribution in [0.1, 0.15) is 61.3 Å². The zero-order chi connectivity index (χ0) is 37.0. The Morgan fingerprint density at radius 1 is 0.808 bits per heavy atom. The standard InChI is InChI=1S/C42H49N5O5/c1-3-52-42(51)36(26-33-19-12-18-30-15-10-11-20-34(30)33)45-40(49)37(31-16-8-5-9-17-31)46-39(48)35(25-28-21-23-32(24-22-28)38(43)44)41(50)47(2)27-29-13-6-4-7-14-29/h4,6-7,10-15,18-24,31,35-37H,3,5,8-9,16-17,25-27H2,1-2H3,(H3,43,44)(H,45,49)(H,46,48)/t35?,36?,37-/m0/s1. The first kappa shape index (κ1) is 37.7. The number of nitrogens with two attached hydrogens (primary N) is 1. The Morgan fingerprint density at radius 3 is 2.17 bits per heavy atom. The fourth-order valence-corrected chi connectivity index (χ4v) is 7.06. The number of fused-ring (bicyclic) bond motifs is 1. The van der Waals surface area contributed by atoms with E-state index in [0.29, 0.717) is 17.7 Å². The highest BCUT2D eigenvalue weighted by atomic mass is 16.5. The van der Waals surface area contributed by atoms with E-state index in [0.717, 1.165) is 54.0 Å². The second kappa shape index (κ2) is 18.1. The second-order valence-electron chi connectivity index (χ2n) is 13.6. The van der Waals surface area contributed by atoms with E-state index in [1.54, 1.807) is 38.2 Å². The van der Waals surface area contributed by atoms with E-state index in [1.807, 2.05) is 72.8 Å². The summed E-state index contributed by atoms with van der Waals surface area (Å²) in [6, 6.07) is 28.2. The average molecular weight is 704 g/mol. The van der Waals surface area contributed by atoms with Crippen molar-refractivity contribution in [3.63, 3.8) is 0 Å². The predicted molar refractivity (Wildman–Crippen MR) is 202 cm³/mol. The monoisotopic (exact) mass is 703 g/mol. The van der Waals surface area contributed by atoms with Crippen LogP contribution in [0.3, 0.4) is 0 Å². The predicted octanol–water partition coefficient (Wildman–Crippen LogP) is 5.30. The first-order chi connectivity index (χ1) is 25.1. The molecule has 0 saturated heterocycles. The van der Waals surface area contributed by atoms with Gasteiger partial charge in [-0.3, -0.25) is 19.8 Å². The number of ether oxygens (including phenoxy) is 1. The highest BCUT2D eigenvalue weighted by molar-refractivity contribution is 6.02. The summed E-state index contributed by atoms with van der Waals surface area (Å²) in [6.45, 7) is 2.17. The van der Waals surface area contributed by atoms with E-state index in [4.69, 9.17) is 15.9 Å². The highest BCUT2D eigenvalue weighted by Crippen LogP contribution is 2.28. The number of amides is 3. The quantitative estimate of drug-likeness (QED) is 0.0571. The molecule has 0 radical (unpaired) electrons. The van der Waals surface area contributed by atoms with E-state index in [-0.39, 0.29) is 37.1 Å². The molecule has 5 N–H and O–H groups in total. The fraction of sp³-hybridized carbons (Fsp3) is 0.357. The van der Waals surface area contributed by atoms with Gasteiger partial charge in [-0.1, -0.05) is 116 Å². The van der Waals surface area contributed by atoms with E-state index >= 15 is 0 Å². The van der Waals surface area contributed by atoms with Crippen molar-refractivity contribution in [2.45, 2.75) is 70.5 Å². The van der Waals surface area contributed by atoms with Crippen LogP contribution >= 0.6 is 0 Å². The molecule has 0 aliphatic heterocycles. The Bertz CT molecular complexity index is 1850. The summed E-state index contributed by atoms with van der Waals surface area (Å²) in [7, 11) is 1.66. The maximum absolute atomic E-state index is 14.4. The summed E-state index contributed by atoms with van der Waals surface area (Å²) in [6.07, 6.45) is 4.59. The zero-order valence-electron chi connectivity index (χ0n) is 30.0. The zero-order valence-corrected chi connectivity index (χ0v) is 30.0. The molecule has 1 aliphatic carbocycles. The third-order valence-corrected chi connectivity index (χ3v) is 9.85. The van der Waals surface area contributed by atoms with E-state index in [2.05, 4.69) is 10.6 Å². The number of hydrogen-bond donors (Lipinski definition) is 4. The summed E-state index contributed by atoms with van der Waals surface area (Å²) in [5, 5.41) is 15.7. The van der Waals surface area contributed by atoms with Crippen molar-refractivity contribution < 1.29 is 23.9 Å². The molecule has 2 unspecified atom stereocenters. The lowest BCUT2D eigenvalue weighted by molar-refractivity contribution is -0.148. The van der Waals surface area contributed by atoms with Crippen LogP contribution in [0.2, 0.25) is 0 Å². The van der Waals surface area contributed by atoms with Crippen LogP contribution in [0.25, 0.3) is 10.8 Å². The van der Waals surface area contributed by atoms with Crippen LogP contribution in [0.15, 0.2) is 97.1 Å². The molecular formula is C42H49N5O5. The van der Waals surface area contributed by atoms with Crippen molar-refractivity contribution in [2.75, 3.05) is 13.7 Å². The van der Waals surface area contributed by atoms with Gasteiger partial charge < -0.3 is 26.0 Å². The van der Waals surface area contributed by atoms with Gasteiger partial charge in [0.2, 0.25) is 17.7 Å². The van der Waals surface area contributed by atoms with E-state index in [1.165, 1.54) is 4.90 Å². The molecule has 4 aromatic rings. The van der Waals surface area contributed by atoms with Gasteiger partial charge >= 0.3 is 5.97 Å². The molecule has 1 aliphatic rings. The Kier molecular flexibility index (Phi) is 13.2. The summed E-state index contributed by atoms with van der Waals surface area (Å²) < 4.78 is 5.42. The van der Waals surface area contributed by atoms with Gasteiger partial charge in [0.05, 0.1) is 6.61 Å². The van der Waals surface area contributed by atoms with Crippen molar-refractivity contribution in [3.05, 3.63) is 119 Å². The molecule has 1 saturated carbocycles. The van der Waals surface area contributed by atoms with E-state index < -0.39 is 35.8 Å². The maximum Gasteiger partial charge on any atom is 0.328 e. The Hall–Kier alpha value is -5.51. The minimum absolute atomic E-state index is 0.0769. The van der Waals surface area contributed by atoms with Crippen molar-refractivity contribution in [2.24, 2.45) is 17.6 Å². The number of carbonyl (C=O) groups excluding carboxylic acids is 4. The van der Waals surface area contributed by atoms with Crippen LogP contribution in [0.4, 0.5) is 0 Å². The molecule has 1 fully saturated rings. The van der Waals surface area contributed by atoms with Crippen molar-refractivity contribution in [3.8, 4) is 0 Å². The smallest absolute Gasteiger partial charge is 0.328 e. The van der Waals surface area contributed by atoms with Gasteiger partial charge in [0.25, 0.3) is 0 Å². The lowest BCUT2D eigenvalue weighted by Gasteiger charge is -2.32. The third kappa shape index (κ3) is 9.84. The SMILES string of the molecule is CCOC(=O)C(Cc1cccc2ccccc12)NC(=O)[C@@H](NC(=O)C(Cc1ccc(C(=N)N)cc1)C(=O)N(C)Cc1ccccc1)C1CCCCC1. The molecule has 10 nitrogen and oxygen atoms in total. The topological polar surface area (TPSA) is 155 Å². The van der Waals surface area contributed by atoms with Crippen LogP contribution in [-0.2, 0) is 43.3 Å². The Morgan fingerprint density at radius 2 is 1.48 bits per heavy atom. The summed E-state index contributed by atoms with van der Waals surface area (Å²) in [5.41, 5.74) is 8.70. The molecule has 0 aromatic heterocycles. The molecule has 3 amide bonds. The fourth-order valence-electron chi connectivity index (χ4n) is 7.06. The van der Waals surface area contributed by atoms with Crippen LogP contribution < -0.4 is 16.4 Å². The summed E-state index contributed by atoms with van der Waals surface area (Å²) in [5.74, 6) is -3.39. The second-order valence-corrected chi connectivity index (χ2v) is 13.6. The maximum atomic E-state index is 14.4. The van der Waals surface area contributed by atoms with Gasteiger partial charge in [0.15, 0.2) is 0 Å². The molecule has 4 aromatic carbocycles. The lowest BCUT2D eigenvalue weighted by atomic mass is 9.83. The Balaban J connectivity index is 1.42. The number of amidine groups is 1. The first-order valence-corrected chi connectivity index (χ1v) is 18.1. The van der Waals surface area contributed by atoms with Gasteiger partial charge in [0, 0.05) is 25.6 Å². The summed E-state index contributed by atoms with van der Waals surface area (Å²) in [4.78, 5) is 57.6. The molecule has 52 heavy (non-hydrogen) atoms. The van der Waals surface area contributed by atoms with Crippen molar-refractivity contribution in [1.29, 1.82) is 5.41 Å². The number of nitrogens with zero attached hydrogens (tertiary/aromatic N) is 1. The van der Waals surface area contributed by atoms with E-state index in [9.17, 15) is 19.2 Å². The van der Waals surface area contributed by atoms with Gasteiger partial charge in [-0.25, -0.2) is 4.79 Å². The van der Waals surface area contributed by atoms with Gasteiger partial charge in [-0.15, -0.1) is 0 Å². The molecule has 5 rings (SSSR count). The molecule has 3 atom stereocenters. The molecule has 272 valence electrons. The molecule has 0 spiro atoms. The minimum atomic E-state index is -1.15. The number of nitrogen functional groups attached to an aromatic ring is 1. The van der Waals surface area contributed by atoms with Crippen molar-refractivity contribution in [1.82, 2.24) is 15.5 Å². The lowest BCUT2D eigenvalue weighted by Crippen LogP contribution is -2.57.